The highest BCUT2D eigenvalue weighted by atomic mass is 16.4. The maximum absolute atomic E-state index is 11.4. The number of aromatic nitrogens is 1. The fraction of sp³-hybridized carbons (Fsp3) is 0.417. The predicted octanol–water partition coefficient (Wildman–Crippen LogP) is 0.910. The number of nitrogens with one attached hydrogen (secondary N) is 2. The molecule has 0 aromatic carbocycles. The molecule has 3 N–H and O–H groups in total. The summed E-state index contributed by atoms with van der Waals surface area (Å²) in [6.07, 6.45) is 0. The number of carbonyl (C=O) groups is 2. The van der Waals surface area contributed by atoms with E-state index in [1.54, 1.807) is 0 Å². The number of aliphatic carboxylic acids is 1. The second kappa shape index (κ2) is 6.58. The van der Waals surface area contributed by atoms with Crippen molar-refractivity contribution in [3.05, 3.63) is 29.6 Å². The molecule has 18 heavy (non-hydrogen) atoms. The third-order valence-electron chi connectivity index (χ3n) is 2.37. The summed E-state index contributed by atoms with van der Waals surface area (Å²) in [5, 5.41) is 13.8. The lowest BCUT2D eigenvalue weighted by atomic mass is 10.2. The number of nitrogens with zero attached hydrogens (tertiary/aromatic N) is 1. The fourth-order valence-electron chi connectivity index (χ4n) is 1.26. The van der Waals surface area contributed by atoms with Gasteiger partial charge in [-0.1, -0.05) is 13.0 Å². The van der Waals surface area contributed by atoms with Crippen LogP contribution in [0.4, 0.5) is 4.79 Å². The van der Waals surface area contributed by atoms with Gasteiger partial charge < -0.3 is 15.7 Å². The molecular formula is C12H17N3O3. The Labute approximate surface area is 105 Å². The molecule has 6 heteroatoms. The lowest BCUT2D eigenvalue weighted by Crippen LogP contribution is -2.39. The second-order valence-electron chi connectivity index (χ2n) is 4.07. The molecular weight excluding hydrogens is 234 g/mol. The van der Waals surface area contributed by atoms with Crippen molar-refractivity contribution in [3.63, 3.8) is 0 Å². The van der Waals surface area contributed by atoms with Crippen LogP contribution < -0.4 is 10.6 Å². The molecule has 1 rings (SSSR count). The summed E-state index contributed by atoms with van der Waals surface area (Å²) in [4.78, 5) is 26.2. The molecule has 0 radical (unpaired) electrons. The van der Waals surface area contributed by atoms with Gasteiger partial charge in [-0.25, -0.2) is 4.79 Å². The average Bonchev–Trinajstić information content (AvgIpc) is 2.33. The van der Waals surface area contributed by atoms with Crippen molar-refractivity contribution >= 4 is 12.0 Å². The molecule has 0 aliphatic carbocycles. The number of hydrogen-bond donors (Lipinski definition) is 3. The van der Waals surface area contributed by atoms with E-state index in [1.807, 2.05) is 25.1 Å². The van der Waals surface area contributed by atoms with Crippen LogP contribution in [-0.2, 0) is 11.3 Å². The standard InChI is InChI=1S/C12H17N3O3/c1-8(11(16)17)6-13-12(18)14-7-10-5-3-4-9(2)15-10/h3-5,8H,6-7H2,1-2H3,(H,16,17)(H2,13,14,18). The van der Waals surface area contributed by atoms with Crippen LogP contribution >= 0.6 is 0 Å². The average molecular weight is 251 g/mol. The lowest BCUT2D eigenvalue weighted by Gasteiger charge is -2.09. The molecule has 0 bridgehead atoms. The van der Waals surface area contributed by atoms with E-state index in [0.717, 1.165) is 11.4 Å². The van der Waals surface area contributed by atoms with Crippen LogP contribution in [0.25, 0.3) is 0 Å². The Morgan fingerprint density at radius 3 is 2.72 bits per heavy atom. The van der Waals surface area contributed by atoms with Crippen LogP contribution in [0.5, 0.6) is 0 Å². The number of urea groups is 1. The van der Waals surface area contributed by atoms with Crippen molar-refractivity contribution in [1.29, 1.82) is 0 Å². The van der Waals surface area contributed by atoms with Crippen molar-refractivity contribution in [2.45, 2.75) is 20.4 Å². The summed E-state index contributed by atoms with van der Waals surface area (Å²) in [5.41, 5.74) is 1.64. The number of carbonyl (C=O) groups excluding carboxylic acids is 1. The number of aryl methyl sites for hydroxylation is 1. The first-order chi connectivity index (χ1) is 8.49. The summed E-state index contributed by atoms with van der Waals surface area (Å²) in [5.74, 6) is -1.54. The largest absolute Gasteiger partial charge is 0.481 e. The summed E-state index contributed by atoms with van der Waals surface area (Å²) in [7, 11) is 0. The van der Waals surface area contributed by atoms with Gasteiger partial charge in [-0.15, -0.1) is 0 Å². The number of amides is 2. The van der Waals surface area contributed by atoms with Gasteiger partial charge in [0.2, 0.25) is 0 Å². The van der Waals surface area contributed by atoms with Crippen LogP contribution in [-0.4, -0.2) is 28.6 Å². The molecule has 98 valence electrons. The molecule has 2 amide bonds. The van der Waals surface area contributed by atoms with Crippen LogP contribution in [0.15, 0.2) is 18.2 Å². The van der Waals surface area contributed by atoms with E-state index in [-0.39, 0.29) is 6.54 Å². The molecule has 1 unspecified atom stereocenters. The molecule has 0 saturated heterocycles. The number of carboxylic acids is 1. The smallest absolute Gasteiger partial charge is 0.315 e. The highest BCUT2D eigenvalue weighted by Crippen LogP contribution is 1.97. The molecule has 0 spiro atoms. The van der Waals surface area contributed by atoms with Gasteiger partial charge in [0.1, 0.15) is 0 Å². The Kier molecular flexibility index (Phi) is 5.10. The van der Waals surface area contributed by atoms with E-state index in [2.05, 4.69) is 15.6 Å². The minimum Gasteiger partial charge on any atom is -0.481 e. The minimum absolute atomic E-state index is 0.0996. The van der Waals surface area contributed by atoms with E-state index in [1.165, 1.54) is 6.92 Å². The fourth-order valence-corrected chi connectivity index (χ4v) is 1.26. The monoisotopic (exact) mass is 251 g/mol. The van der Waals surface area contributed by atoms with Crippen molar-refractivity contribution in [1.82, 2.24) is 15.6 Å². The molecule has 0 fully saturated rings. The molecule has 0 aliphatic rings. The number of carboxylic acid groups (broad SMARTS) is 1. The van der Waals surface area contributed by atoms with Crippen LogP contribution in [0.3, 0.4) is 0 Å². The quantitative estimate of drug-likeness (QED) is 0.725. The van der Waals surface area contributed by atoms with E-state index < -0.39 is 17.9 Å². The second-order valence-corrected chi connectivity index (χ2v) is 4.07. The summed E-state index contributed by atoms with van der Waals surface area (Å²) < 4.78 is 0. The SMILES string of the molecule is Cc1cccc(CNC(=O)NCC(C)C(=O)O)n1. The topological polar surface area (TPSA) is 91.3 Å². The van der Waals surface area contributed by atoms with E-state index in [0.29, 0.717) is 6.54 Å². The Balaban J connectivity index is 2.31. The van der Waals surface area contributed by atoms with Crippen molar-refractivity contribution in [2.75, 3.05) is 6.54 Å². The van der Waals surface area contributed by atoms with E-state index in [4.69, 9.17) is 5.11 Å². The molecule has 6 nitrogen and oxygen atoms in total. The normalized spacial score (nSPS) is 11.7. The Morgan fingerprint density at radius 2 is 2.11 bits per heavy atom. The summed E-state index contributed by atoms with van der Waals surface area (Å²) >= 11 is 0. The van der Waals surface area contributed by atoms with Crippen molar-refractivity contribution < 1.29 is 14.7 Å². The van der Waals surface area contributed by atoms with Gasteiger partial charge in [0.25, 0.3) is 0 Å². The molecule has 0 aliphatic heterocycles. The molecule has 1 aromatic heterocycles. The minimum atomic E-state index is -0.935. The third-order valence-corrected chi connectivity index (χ3v) is 2.37. The van der Waals surface area contributed by atoms with E-state index in [9.17, 15) is 9.59 Å². The molecule has 1 atom stereocenters. The number of rotatable bonds is 5. The lowest BCUT2D eigenvalue weighted by molar-refractivity contribution is -0.140. The van der Waals surface area contributed by atoms with Crippen LogP contribution in [0, 0.1) is 12.8 Å². The van der Waals surface area contributed by atoms with Gasteiger partial charge in [-0.2, -0.15) is 0 Å². The van der Waals surface area contributed by atoms with Crippen LogP contribution in [0.1, 0.15) is 18.3 Å². The zero-order valence-corrected chi connectivity index (χ0v) is 10.4. The van der Waals surface area contributed by atoms with Gasteiger partial charge in [0, 0.05) is 12.2 Å². The summed E-state index contributed by atoms with van der Waals surface area (Å²) in [6.45, 7) is 3.82. The molecule has 1 aromatic rings. The first kappa shape index (κ1) is 14.0. The zero-order valence-electron chi connectivity index (χ0n) is 10.4. The maximum atomic E-state index is 11.4. The number of hydrogen-bond acceptors (Lipinski definition) is 3. The van der Waals surface area contributed by atoms with Gasteiger partial charge in [-0.05, 0) is 19.1 Å². The maximum Gasteiger partial charge on any atom is 0.315 e. The molecule has 0 saturated carbocycles. The zero-order chi connectivity index (χ0) is 13.5. The Morgan fingerprint density at radius 1 is 1.39 bits per heavy atom. The van der Waals surface area contributed by atoms with Crippen molar-refractivity contribution in [3.8, 4) is 0 Å². The van der Waals surface area contributed by atoms with Crippen molar-refractivity contribution in [2.24, 2.45) is 5.92 Å². The predicted molar refractivity (Wildman–Crippen MR) is 66.0 cm³/mol. The Bertz CT molecular complexity index is 434. The number of pyridine rings is 1. The van der Waals surface area contributed by atoms with Gasteiger partial charge in [0.15, 0.2) is 0 Å². The first-order valence-electron chi connectivity index (χ1n) is 5.66. The van der Waals surface area contributed by atoms with Gasteiger partial charge >= 0.3 is 12.0 Å². The first-order valence-corrected chi connectivity index (χ1v) is 5.66. The highest BCUT2D eigenvalue weighted by molar-refractivity contribution is 5.75. The third kappa shape index (κ3) is 4.82. The van der Waals surface area contributed by atoms with E-state index >= 15 is 0 Å². The van der Waals surface area contributed by atoms with Crippen LogP contribution in [0.2, 0.25) is 0 Å². The molecule has 1 heterocycles. The van der Waals surface area contributed by atoms with Gasteiger partial charge in [0.05, 0.1) is 18.2 Å². The highest BCUT2D eigenvalue weighted by Gasteiger charge is 2.11. The Hall–Kier alpha value is -2.11. The van der Waals surface area contributed by atoms with Gasteiger partial charge in [-0.3, -0.25) is 9.78 Å². The summed E-state index contributed by atoms with van der Waals surface area (Å²) in [6, 6.07) is 5.15.